The number of para-hydroxylation sites is 2. The first-order chi connectivity index (χ1) is 7.11. The summed E-state index contributed by atoms with van der Waals surface area (Å²) < 4.78 is 5.36. The second-order valence-electron chi connectivity index (χ2n) is 3.20. The van der Waals surface area contributed by atoms with Crippen molar-refractivity contribution in [3.8, 4) is 5.75 Å². The summed E-state index contributed by atoms with van der Waals surface area (Å²) >= 11 is 11.9. The first-order valence-electron chi connectivity index (χ1n) is 4.45. The monoisotopic (exact) mass is 245 g/mol. The summed E-state index contributed by atoms with van der Waals surface area (Å²) in [5, 5.41) is 0. The normalized spacial score (nSPS) is 24.3. The summed E-state index contributed by atoms with van der Waals surface area (Å²) in [5.41, 5.74) is -0.758. The third-order valence-electron chi connectivity index (χ3n) is 2.17. The molecule has 5 heteroatoms. The summed E-state index contributed by atoms with van der Waals surface area (Å²) in [7, 11) is 0. The van der Waals surface area contributed by atoms with Crippen molar-refractivity contribution in [1.82, 2.24) is 0 Å². The molecular weight excluding hydrogens is 237 g/mol. The zero-order valence-electron chi connectivity index (χ0n) is 7.98. The Hall–Kier alpha value is -0.930. The van der Waals surface area contributed by atoms with Crippen LogP contribution in [0.3, 0.4) is 0 Å². The molecule has 2 rings (SSSR count). The van der Waals surface area contributed by atoms with E-state index in [1.165, 1.54) is 11.8 Å². The molecule has 1 aliphatic heterocycles. The molecule has 1 aromatic rings. The zero-order chi connectivity index (χ0) is 11.0. The summed E-state index contributed by atoms with van der Waals surface area (Å²) in [6.07, 6.45) is 0. The van der Waals surface area contributed by atoms with Crippen LogP contribution in [0.2, 0.25) is 0 Å². The highest BCUT2D eigenvalue weighted by atomic mass is 35.5. The van der Waals surface area contributed by atoms with E-state index in [1.807, 2.05) is 12.1 Å². The number of carbonyl (C=O) groups excluding carboxylic acids is 1. The number of hydrogen-bond acceptors (Lipinski definition) is 2. The molecule has 1 amide bonds. The van der Waals surface area contributed by atoms with Crippen LogP contribution >= 0.6 is 23.2 Å². The number of alkyl halides is 2. The Bertz CT molecular complexity index is 397. The molecule has 0 aliphatic carbocycles. The van der Waals surface area contributed by atoms with Crippen LogP contribution in [-0.2, 0) is 4.79 Å². The van der Waals surface area contributed by atoms with Gasteiger partial charge in [0, 0.05) is 6.92 Å². The number of fused-ring (bicyclic) bond motifs is 1. The number of benzene rings is 1. The predicted molar refractivity (Wildman–Crippen MR) is 59.5 cm³/mol. The van der Waals surface area contributed by atoms with E-state index in [1.54, 1.807) is 12.1 Å². The van der Waals surface area contributed by atoms with Gasteiger partial charge in [0.25, 0.3) is 0 Å². The van der Waals surface area contributed by atoms with Crippen LogP contribution in [0.4, 0.5) is 5.69 Å². The molecule has 1 aromatic carbocycles. The maximum Gasteiger partial charge on any atom is 0.225 e. The van der Waals surface area contributed by atoms with Crippen LogP contribution in [0.25, 0.3) is 0 Å². The third kappa shape index (κ3) is 1.77. The van der Waals surface area contributed by atoms with Crippen molar-refractivity contribution >= 4 is 34.8 Å². The lowest BCUT2D eigenvalue weighted by atomic mass is 10.2. The molecule has 0 aromatic heterocycles. The minimum Gasteiger partial charge on any atom is -0.469 e. The van der Waals surface area contributed by atoms with Gasteiger partial charge in [-0.25, -0.2) is 0 Å². The van der Waals surface area contributed by atoms with Gasteiger partial charge in [-0.3, -0.25) is 9.69 Å². The van der Waals surface area contributed by atoms with Gasteiger partial charge in [0.05, 0.1) is 5.69 Å². The molecular formula is C10H9Cl2NO2. The quantitative estimate of drug-likeness (QED) is 0.520. The molecule has 3 nitrogen and oxygen atoms in total. The van der Waals surface area contributed by atoms with E-state index in [9.17, 15) is 4.79 Å². The van der Waals surface area contributed by atoms with Crippen LogP contribution in [0.5, 0.6) is 5.75 Å². The van der Waals surface area contributed by atoms with E-state index >= 15 is 0 Å². The van der Waals surface area contributed by atoms with Gasteiger partial charge in [-0.15, -0.1) is 0 Å². The smallest absolute Gasteiger partial charge is 0.225 e. The van der Waals surface area contributed by atoms with Crippen LogP contribution < -0.4 is 9.64 Å². The Balaban J connectivity index is 2.49. The molecule has 2 unspecified atom stereocenters. The van der Waals surface area contributed by atoms with Crippen molar-refractivity contribution in [2.45, 2.75) is 18.0 Å². The molecule has 0 saturated carbocycles. The highest BCUT2D eigenvalue weighted by molar-refractivity contribution is 6.32. The molecule has 0 saturated heterocycles. The van der Waals surface area contributed by atoms with Crippen molar-refractivity contribution < 1.29 is 9.53 Å². The van der Waals surface area contributed by atoms with Crippen molar-refractivity contribution in [3.63, 3.8) is 0 Å². The average Bonchev–Trinajstić information content (AvgIpc) is 2.19. The first kappa shape index (κ1) is 10.6. The lowest BCUT2D eigenvalue weighted by molar-refractivity contribution is -0.117. The predicted octanol–water partition coefficient (Wildman–Crippen LogP) is 2.56. The van der Waals surface area contributed by atoms with Crippen LogP contribution in [-0.4, -0.2) is 17.0 Å². The first-order valence-corrected chi connectivity index (χ1v) is 5.32. The topological polar surface area (TPSA) is 29.5 Å². The maximum atomic E-state index is 11.4. The van der Waals surface area contributed by atoms with Crippen LogP contribution in [0.15, 0.2) is 24.3 Å². The fourth-order valence-electron chi connectivity index (χ4n) is 1.53. The van der Waals surface area contributed by atoms with Gasteiger partial charge in [-0.2, -0.15) is 0 Å². The fourth-order valence-corrected chi connectivity index (χ4v) is 2.03. The fraction of sp³-hybridized carbons (Fsp3) is 0.300. The van der Waals surface area contributed by atoms with Crippen molar-refractivity contribution in [3.05, 3.63) is 24.3 Å². The van der Waals surface area contributed by atoms with E-state index < -0.39 is 11.1 Å². The average molecular weight is 246 g/mol. The SMILES string of the molecule is CC(=O)N1c2ccccc2OC(Cl)C1Cl. The number of ether oxygens (including phenoxy) is 1. The lowest BCUT2D eigenvalue weighted by Gasteiger charge is -2.35. The summed E-state index contributed by atoms with van der Waals surface area (Å²) in [6.45, 7) is 1.45. The van der Waals surface area contributed by atoms with Gasteiger partial charge >= 0.3 is 0 Å². The molecule has 0 spiro atoms. The Labute approximate surface area is 97.5 Å². The second kappa shape index (κ2) is 3.91. The molecule has 2 atom stereocenters. The minimum atomic E-state index is -0.731. The molecule has 1 heterocycles. The van der Waals surface area contributed by atoms with Crippen molar-refractivity contribution in [1.29, 1.82) is 0 Å². The molecule has 0 fully saturated rings. The van der Waals surface area contributed by atoms with Gasteiger partial charge in [-0.05, 0) is 12.1 Å². The van der Waals surface area contributed by atoms with Crippen molar-refractivity contribution in [2.24, 2.45) is 0 Å². The summed E-state index contributed by atoms with van der Waals surface area (Å²) in [5.74, 6) is 0.418. The molecule has 0 radical (unpaired) electrons. The largest absolute Gasteiger partial charge is 0.469 e. The highest BCUT2D eigenvalue weighted by Gasteiger charge is 2.35. The zero-order valence-corrected chi connectivity index (χ0v) is 9.50. The van der Waals surface area contributed by atoms with Crippen LogP contribution in [0.1, 0.15) is 6.92 Å². The Kier molecular flexibility index (Phi) is 2.76. The van der Waals surface area contributed by atoms with E-state index in [0.717, 1.165) is 0 Å². The van der Waals surface area contributed by atoms with E-state index in [0.29, 0.717) is 11.4 Å². The number of rotatable bonds is 0. The lowest BCUT2D eigenvalue weighted by Crippen LogP contribution is -2.46. The van der Waals surface area contributed by atoms with Crippen molar-refractivity contribution in [2.75, 3.05) is 4.90 Å². The van der Waals surface area contributed by atoms with Crippen LogP contribution in [0, 0.1) is 0 Å². The molecule has 80 valence electrons. The van der Waals surface area contributed by atoms with E-state index in [-0.39, 0.29) is 5.91 Å². The third-order valence-corrected chi connectivity index (χ3v) is 3.05. The molecule has 0 bridgehead atoms. The number of amides is 1. The Morgan fingerprint density at radius 1 is 1.40 bits per heavy atom. The molecule has 1 aliphatic rings. The number of nitrogens with zero attached hydrogens (tertiary/aromatic N) is 1. The summed E-state index contributed by atoms with van der Waals surface area (Å²) in [4.78, 5) is 12.9. The second-order valence-corrected chi connectivity index (χ2v) is 4.08. The maximum absolute atomic E-state index is 11.4. The minimum absolute atomic E-state index is 0.156. The Morgan fingerprint density at radius 3 is 2.73 bits per heavy atom. The van der Waals surface area contributed by atoms with E-state index in [4.69, 9.17) is 27.9 Å². The van der Waals surface area contributed by atoms with Gasteiger partial charge in [0.2, 0.25) is 11.5 Å². The van der Waals surface area contributed by atoms with Gasteiger partial charge in [0.15, 0.2) is 5.50 Å². The standard InChI is InChI=1S/C10H9Cl2NO2/c1-6(14)13-7-4-2-3-5-8(7)15-10(12)9(13)11/h2-5,9-10H,1H3. The number of halogens is 2. The molecule has 15 heavy (non-hydrogen) atoms. The highest BCUT2D eigenvalue weighted by Crippen LogP contribution is 2.38. The molecule has 0 N–H and O–H groups in total. The summed E-state index contributed by atoms with van der Waals surface area (Å²) in [6, 6.07) is 7.16. The van der Waals surface area contributed by atoms with E-state index in [2.05, 4.69) is 0 Å². The van der Waals surface area contributed by atoms with Gasteiger partial charge in [-0.1, -0.05) is 35.3 Å². The van der Waals surface area contributed by atoms with Gasteiger partial charge < -0.3 is 4.74 Å². The number of hydrogen-bond donors (Lipinski definition) is 0. The Morgan fingerprint density at radius 2 is 2.07 bits per heavy atom. The van der Waals surface area contributed by atoms with Gasteiger partial charge in [0.1, 0.15) is 5.75 Å². The number of anilines is 1. The number of carbonyl (C=O) groups is 1.